The van der Waals surface area contributed by atoms with E-state index in [0.717, 1.165) is 5.56 Å². The van der Waals surface area contributed by atoms with Crippen LogP contribution in [-0.4, -0.2) is 29.6 Å². The molecule has 110 valence electrons. The van der Waals surface area contributed by atoms with Crippen LogP contribution in [0.2, 0.25) is 0 Å². The number of carbonyl (C=O) groups is 2. The molecule has 20 heavy (non-hydrogen) atoms. The first-order valence-corrected chi connectivity index (χ1v) is 6.14. The van der Waals surface area contributed by atoms with E-state index in [1.165, 1.54) is 0 Å². The van der Waals surface area contributed by atoms with E-state index in [1.54, 1.807) is 6.92 Å². The third kappa shape index (κ3) is 5.57. The zero-order chi connectivity index (χ0) is 15.0. The highest BCUT2D eigenvalue weighted by Crippen LogP contribution is 2.04. The minimum Gasteiger partial charge on any atom is -0.445 e. The van der Waals surface area contributed by atoms with E-state index < -0.39 is 24.5 Å². The largest absolute Gasteiger partial charge is 0.445 e. The van der Waals surface area contributed by atoms with Gasteiger partial charge in [0.25, 0.3) is 0 Å². The van der Waals surface area contributed by atoms with Crippen LogP contribution in [0.5, 0.6) is 0 Å². The van der Waals surface area contributed by atoms with Gasteiger partial charge in [-0.15, -0.1) is 0 Å². The van der Waals surface area contributed by atoms with Crippen molar-refractivity contribution in [3.8, 4) is 0 Å². The Balaban J connectivity index is 2.41. The smallest absolute Gasteiger partial charge is 0.407 e. The molecule has 2 atom stereocenters. The molecule has 2 unspecified atom stereocenters. The van der Waals surface area contributed by atoms with Crippen molar-refractivity contribution >= 4 is 12.2 Å². The van der Waals surface area contributed by atoms with E-state index in [4.69, 9.17) is 10.5 Å². The van der Waals surface area contributed by atoms with Crippen molar-refractivity contribution in [2.75, 3.05) is 0 Å². The summed E-state index contributed by atoms with van der Waals surface area (Å²) < 4.78 is 9.37. The standard InChI is InChI=1S/C13H18N2O5/c1-2-10(11(16)20-12(14)17)15-13(18)19-8-9-6-4-3-5-7-9/h3-7,10-11,16H,2,8H2,1H3,(H2,14,17)(H,15,18). The summed E-state index contributed by atoms with van der Waals surface area (Å²) in [5.74, 6) is 0. The van der Waals surface area contributed by atoms with Gasteiger partial charge in [0.15, 0.2) is 0 Å². The maximum Gasteiger partial charge on any atom is 0.407 e. The molecular weight excluding hydrogens is 264 g/mol. The van der Waals surface area contributed by atoms with Crippen molar-refractivity contribution < 1.29 is 24.2 Å². The summed E-state index contributed by atoms with van der Waals surface area (Å²) >= 11 is 0. The number of benzene rings is 1. The summed E-state index contributed by atoms with van der Waals surface area (Å²) in [4.78, 5) is 22.1. The van der Waals surface area contributed by atoms with Crippen molar-refractivity contribution in [3.63, 3.8) is 0 Å². The Bertz CT molecular complexity index is 438. The fraction of sp³-hybridized carbons (Fsp3) is 0.385. The zero-order valence-electron chi connectivity index (χ0n) is 11.1. The summed E-state index contributed by atoms with van der Waals surface area (Å²) in [6, 6.07) is 8.36. The SMILES string of the molecule is CCC(NC(=O)OCc1ccccc1)C(O)OC(N)=O. The van der Waals surface area contributed by atoms with E-state index in [1.807, 2.05) is 30.3 Å². The Morgan fingerprint density at radius 1 is 1.35 bits per heavy atom. The van der Waals surface area contributed by atoms with Crippen molar-refractivity contribution in [1.29, 1.82) is 0 Å². The van der Waals surface area contributed by atoms with Gasteiger partial charge in [-0.1, -0.05) is 37.3 Å². The highest BCUT2D eigenvalue weighted by Gasteiger charge is 2.22. The van der Waals surface area contributed by atoms with Crippen LogP contribution in [0, 0.1) is 0 Å². The van der Waals surface area contributed by atoms with E-state index in [2.05, 4.69) is 10.1 Å². The molecule has 1 aromatic carbocycles. The van der Waals surface area contributed by atoms with Gasteiger partial charge in [-0.3, -0.25) is 0 Å². The minimum atomic E-state index is -1.51. The number of aliphatic hydroxyl groups is 1. The predicted octanol–water partition coefficient (Wildman–Crippen LogP) is 1.11. The lowest BCUT2D eigenvalue weighted by molar-refractivity contribution is -0.0724. The molecule has 0 bridgehead atoms. The first-order valence-electron chi connectivity index (χ1n) is 6.14. The molecule has 0 aliphatic carbocycles. The number of alkyl carbamates (subject to hydrolysis) is 1. The van der Waals surface area contributed by atoms with Gasteiger partial charge in [0, 0.05) is 0 Å². The first-order chi connectivity index (χ1) is 9.52. The van der Waals surface area contributed by atoms with Gasteiger partial charge in [0.2, 0.25) is 6.29 Å². The number of hydrogen-bond acceptors (Lipinski definition) is 5. The average molecular weight is 282 g/mol. The minimum absolute atomic E-state index is 0.107. The van der Waals surface area contributed by atoms with Gasteiger partial charge in [-0.05, 0) is 12.0 Å². The van der Waals surface area contributed by atoms with Crippen LogP contribution in [0.15, 0.2) is 30.3 Å². The highest BCUT2D eigenvalue weighted by molar-refractivity contribution is 5.68. The molecule has 0 radical (unpaired) electrons. The highest BCUT2D eigenvalue weighted by atomic mass is 16.6. The molecule has 0 spiro atoms. The number of aliphatic hydroxyl groups excluding tert-OH is 1. The Morgan fingerprint density at radius 2 is 2.00 bits per heavy atom. The van der Waals surface area contributed by atoms with Crippen LogP contribution in [-0.2, 0) is 16.1 Å². The zero-order valence-corrected chi connectivity index (χ0v) is 11.1. The summed E-state index contributed by atoms with van der Waals surface area (Å²) in [6.07, 6.45) is -3.00. The fourth-order valence-electron chi connectivity index (χ4n) is 1.49. The predicted molar refractivity (Wildman–Crippen MR) is 70.5 cm³/mol. The second-order valence-corrected chi connectivity index (χ2v) is 4.05. The van der Waals surface area contributed by atoms with E-state index in [-0.39, 0.29) is 6.61 Å². The van der Waals surface area contributed by atoms with Crippen molar-refractivity contribution in [2.45, 2.75) is 32.3 Å². The molecule has 7 heteroatoms. The summed E-state index contributed by atoms with van der Waals surface area (Å²) in [5.41, 5.74) is 5.62. The number of ether oxygens (including phenoxy) is 2. The average Bonchev–Trinajstić information content (AvgIpc) is 2.42. The lowest BCUT2D eigenvalue weighted by Crippen LogP contribution is -2.45. The Kier molecular flexibility index (Phi) is 6.31. The molecule has 1 rings (SSSR count). The van der Waals surface area contributed by atoms with Crippen LogP contribution in [0.4, 0.5) is 9.59 Å². The van der Waals surface area contributed by atoms with Crippen LogP contribution in [0.3, 0.4) is 0 Å². The molecular formula is C13H18N2O5. The molecule has 1 aromatic rings. The normalized spacial score (nSPS) is 13.1. The third-order valence-electron chi connectivity index (χ3n) is 2.54. The van der Waals surface area contributed by atoms with Crippen LogP contribution in [0.1, 0.15) is 18.9 Å². The Hall–Kier alpha value is -2.28. The topological polar surface area (TPSA) is 111 Å². The molecule has 0 heterocycles. The van der Waals surface area contributed by atoms with E-state index in [9.17, 15) is 14.7 Å². The first kappa shape index (κ1) is 15.8. The number of nitrogens with two attached hydrogens (primary N) is 1. The lowest BCUT2D eigenvalue weighted by Gasteiger charge is -2.21. The second-order valence-electron chi connectivity index (χ2n) is 4.05. The van der Waals surface area contributed by atoms with Gasteiger partial charge in [-0.25, -0.2) is 9.59 Å². The third-order valence-corrected chi connectivity index (χ3v) is 2.54. The van der Waals surface area contributed by atoms with Crippen LogP contribution >= 0.6 is 0 Å². The van der Waals surface area contributed by atoms with E-state index >= 15 is 0 Å². The van der Waals surface area contributed by atoms with Crippen molar-refractivity contribution in [3.05, 3.63) is 35.9 Å². The molecule has 0 aromatic heterocycles. The molecule has 0 aliphatic rings. The van der Waals surface area contributed by atoms with Gasteiger partial charge in [-0.2, -0.15) is 0 Å². The molecule has 0 aliphatic heterocycles. The Labute approximate surface area is 116 Å². The number of amides is 2. The van der Waals surface area contributed by atoms with Crippen molar-refractivity contribution in [1.82, 2.24) is 5.32 Å². The molecule has 4 N–H and O–H groups in total. The quantitative estimate of drug-likeness (QED) is 0.677. The lowest BCUT2D eigenvalue weighted by atomic mass is 10.2. The van der Waals surface area contributed by atoms with Gasteiger partial charge < -0.3 is 25.6 Å². The maximum atomic E-state index is 11.6. The number of hydrogen-bond donors (Lipinski definition) is 3. The summed E-state index contributed by atoms with van der Waals surface area (Å²) in [7, 11) is 0. The molecule has 2 amide bonds. The Morgan fingerprint density at radius 3 is 2.55 bits per heavy atom. The van der Waals surface area contributed by atoms with Gasteiger partial charge in [0.1, 0.15) is 6.61 Å². The molecule has 0 saturated carbocycles. The number of rotatable bonds is 6. The summed E-state index contributed by atoms with van der Waals surface area (Å²) in [6.45, 7) is 1.81. The molecule has 7 nitrogen and oxygen atoms in total. The number of primary amides is 1. The van der Waals surface area contributed by atoms with Crippen LogP contribution in [0.25, 0.3) is 0 Å². The van der Waals surface area contributed by atoms with Gasteiger partial charge >= 0.3 is 12.2 Å². The summed E-state index contributed by atoms with van der Waals surface area (Å²) in [5, 5.41) is 11.9. The number of carbonyl (C=O) groups excluding carboxylic acids is 2. The number of nitrogens with one attached hydrogen (secondary N) is 1. The van der Waals surface area contributed by atoms with E-state index in [0.29, 0.717) is 6.42 Å². The monoisotopic (exact) mass is 282 g/mol. The van der Waals surface area contributed by atoms with Gasteiger partial charge in [0.05, 0.1) is 6.04 Å². The fourth-order valence-corrected chi connectivity index (χ4v) is 1.49. The maximum absolute atomic E-state index is 11.6. The van der Waals surface area contributed by atoms with Crippen LogP contribution < -0.4 is 11.1 Å². The molecule has 0 fully saturated rings. The second kappa shape index (κ2) is 8.00. The van der Waals surface area contributed by atoms with Crippen molar-refractivity contribution in [2.24, 2.45) is 5.73 Å². The molecule has 0 saturated heterocycles.